The van der Waals surface area contributed by atoms with Crippen LogP contribution in [0.25, 0.3) is 0 Å². The average molecular weight is 300 g/mol. The van der Waals surface area contributed by atoms with Gasteiger partial charge in [0.1, 0.15) is 28.6 Å². The Balaban J connectivity index is 2.50. The van der Waals surface area contributed by atoms with Crippen molar-refractivity contribution in [2.24, 2.45) is 10.2 Å². The van der Waals surface area contributed by atoms with Crippen LogP contribution in [0.1, 0.15) is 22.3 Å². The second-order valence-corrected chi connectivity index (χ2v) is 5.34. The van der Waals surface area contributed by atoms with E-state index in [1.807, 2.05) is 33.8 Å². The molecule has 0 fully saturated rings. The Hall–Kier alpha value is -2.56. The van der Waals surface area contributed by atoms with Crippen molar-refractivity contribution in [1.82, 2.24) is 0 Å². The molecule has 116 valence electrons. The molecular weight excluding hydrogens is 280 g/mol. The minimum absolute atomic E-state index is 0.0172. The summed E-state index contributed by atoms with van der Waals surface area (Å²) in [5.74, 6) is 0.738. The zero-order valence-corrected chi connectivity index (χ0v) is 13.4. The number of phenols is 2. The van der Waals surface area contributed by atoms with Gasteiger partial charge in [0.25, 0.3) is 0 Å². The minimum atomic E-state index is 0.0172. The molecule has 0 saturated heterocycles. The molecule has 0 aromatic heterocycles. The molecule has 0 aliphatic heterocycles. The van der Waals surface area contributed by atoms with Crippen LogP contribution < -0.4 is 4.74 Å². The summed E-state index contributed by atoms with van der Waals surface area (Å²) < 4.78 is 5.22. The van der Waals surface area contributed by atoms with Gasteiger partial charge in [-0.1, -0.05) is 6.07 Å². The SMILES string of the molecule is COc1cc(N=Nc2c(C)c(C)cc(C)c2O)c(O)cc1C. The summed E-state index contributed by atoms with van der Waals surface area (Å²) in [5, 5.41) is 28.3. The molecular formula is C17H20N2O3. The van der Waals surface area contributed by atoms with E-state index in [2.05, 4.69) is 10.2 Å². The van der Waals surface area contributed by atoms with E-state index in [9.17, 15) is 10.2 Å². The number of azo groups is 1. The van der Waals surface area contributed by atoms with Crippen LogP contribution in [0.4, 0.5) is 11.4 Å². The second-order valence-electron chi connectivity index (χ2n) is 5.34. The summed E-state index contributed by atoms with van der Waals surface area (Å²) in [7, 11) is 1.56. The average Bonchev–Trinajstić information content (AvgIpc) is 2.47. The number of aromatic hydroxyl groups is 2. The third kappa shape index (κ3) is 2.88. The van der Waals surface area contributed by atoms with Crippen molar-refractivity contribution in [3.05, 3.63) is 40.5 Å². The third-order valence-electron chi connectivity index (χ3n) is 3.73. The number of hydrogen-bond donors (Lipinski definition) is 2. The number of methoxy groups -OCH3 is 1. The molecule has 0 amide bonds. The summed E-state index contributed by atoms with van der Waals surface area (Å²) in [4.78, 5) is 0. The van der Waals surface area contributed by atoms with Crippen molar-refractivity contribution < 1.29 is 14.9 Å². The van der Waals surface area contributed by atoms with Gasteiger partial charge >= 0.3 is 0 Å². The lowest BCUT2D eigenvalue weighted by Crippen LogP contribution is -1.87. The number of benzene rings is 2. The highest BCUT2D eigenvalue weighted by Gasteiger charge is 2.11. The maximum Gasteiger partial charge on any atom is 0.146 e. The largest absolute Gasteiger partial charge is 0.506 e. The fraction of sp³-hybridized carbons (Fsp3) is 0.294. The van der Waals surface area contributed by atoms with Crippen LogP contribution in [-0.2, 0) is 0 Å². The van der Waals surface area contributed by atoms with Crippen molar-refractivity contribution in [1.29, 1.82) is 0 Å². The molecule has 2 N–H and O–H groups in total. The van der Waals surface area contributed by atoms with Gasteiger partial charge in [-0.2, -0.15) is 0 Å². The van der Waals surface area contributed by atoms with Crippen molar-refractivity contribution in [2.45, 2.75) is 27.7 Å². The van der Waals surface area contributed by atoms with E-state index >= 15 is 0 Å². The van der Waals surface area contributed by atoms with Gasteiger partial charge in [-0.25, -0.2) is 0 Å². The van der Waals surface area contributed by atoms with Gasteiger partial charge in [-0.15, -0.1) is 10.2 Å². The van der Waals surface area contributed by atoms with Crippen LogP contribution >= 0.6 is 0 Å². The number of ether oxygens (including phenoxy) is 1. The van der Waals surface area contributed by atoms with Gasteiger partial charge in [0.05, 0.1) is 7.11 Å². The van der Waals surface area contributed by atoms with E-state index in [-0.39, 0.29) is 11.5 Å². The molecule has 2 aromatic rings. The Morgan fingerprint density at radius 2 is 1.55 bits per heavy atom. The van der Waals surface area contributed by atoms with Crippen molar-refractivity contribution in [3.8, 4) is 17.2 Å². The number of hydrogen-bond acceptors (Lipinski definition) is 5. The summed E-state index contributed by atoms with van der Waals surface area (Å²) in [6.07, 6.45) is 0. The number of phenolic OH excluding ortho intramolecular Hbond substituents is 2. The van der Waals surface area contributed by atoms with E-state index in [1.54, 1.807) is 19.2 Å². The Kier molecular flexibility index (Phi) is 4.35. The molecule has 22 heavy (non-hydrogen) atoms. The van der Waals surface area contributed by atoms with Crippen molar-refractivity contribution >= 4 is 11.4 Å². The Morgan fingerprint density at radius 3 is 2.18 bits per heavy atom. The molecule has 0 aliphatic rings. The van der Waals surface area contributed by atoms with Crippen LogP contribution in [-0.4, -0.2) is 17.3 Å². The maximum absolute atomic E-state index is 10.2. The molecule has 0 saturated carbocycles. The normalized spacial score (nSPS) is 11.1. The second kappa shape index (κ2) is 6.05. The first-order valence-corrected chi connectivity index (χ1v) is 6.94. The zero-order valence-electron chi connectivity index (χ0n) is 13.4. The lowest BCUT2D eigenvalue weighted by Gasteiger charge is -2.09. The first-order valence-electron chi connectivity index (χ1n) is 6.94. The van der Waals surface area contributed by atoms with E-state index in [1.165, 1.54) is 0 Å². The number of aryl methyl sites for hydroxylation is 3. The smallest absolute Gasteiger partial charge is 0.146 e. The highest BCUT2D eigenvalue weighted by molar-refractivity contribution is 5.63. The highest BCUT2D eigenvalue weighted by Crippen LogP contribution is 2.39. The van der Waals surface area contributed by atoms with Gasteiger partial charge in [0.15, 0.2) is 0 Å². The van der Waals surface area contributed by atoms with E-state index in [0.717, 1.165) is 22.3 Å². The van der Waals surface area contributed by atoms with Crippen LogP contribution in [0.5, 0.6) is 17.2 Å². The first kappa shape index (κ1) is 15.8. The van der Waals surface area contributed by atoms with E-state index in [4.69, 9.17) is 4.74 Å². The first-order chi connectivity index (χ1) is 10.3. The number of nitrogens with zero attached hydrogens (tertiary/aromatic N) is 2. The summed E-state index contributed by atoms with van der Waals surface area (Å²) in [5.41, 5.74) is 4.13. The molecule has 0 radical (unpaired) electrons. The molecule has 0 spiro atoms. The van der Waals surface area contributed by atoms with Crippen LogP contribution in [0.15, 0.2) is 28.4 Å². The van der Waals surface area contributed by atoms with E-state index in [0.29, 0.717) is 17.1 Å². The molecule has 0 aliphatic carbocycles. The zero-order chi connectivity index (χ0) is 16.4. The molecule has 2 aromatic carbocycles. The maximum atomic E-state index is 10.2. The summed E-state index contributed by atoms with van der Waals surface area (Å²) in [6.45, 7) is 7.47. The van der Waals surface area contributed by atoms with E-state index < -0.39 is 0 Å². The monoisotopic (exact) mass is 300 g/mol. The lowest BCUT2D eigenvalue weighted by atomic mass is 10.0. The Labute approximate surface area is 129 Å². The summed E-state index contributed by atoms with van der Waals surface area (Å²) >= 11 is 0. The quantitative estimate of drug-likeness (QED) is 0.803. The summed E-state index contributed by atoms with van der Waals surface area (Å²) in [6, 6.07) is 5.08. The molecule has 0 unspecified atom stereocenters. The van der Waals surface area contributed by atoms with Crippen LogP contribution in [0, 0.1) is 27.7 Å². The molecule has 0 heterocycles. The molecule has 0 bridgehead atoms. The predicted molar refractivity (Wildman–Crippen MR) is 85.9 cm³/mol. The van der Waals surface area contributed by atoms with Gasteiger partial charge in [0, 0.05) is 6.07 Å². The minimum Gasteiger partial charge on any atom is -0.506 e. The van der Waals surface area contributed by atoms with Crippen LogP contribution in [0.3, 0.4) is 0 Å². The van der Waals surface area contributed by atoms with Crippen LogP contribution in [0.2, 0.25) is 0 Å². The number of rotatable bonds is 3. The van der Waals surface area contributed by atoms with Gasteiger partial charge in [-0.05, 0) is 56.0 Å². The van der Waals surface area contributed by atoms with Crippen molar-refractivity contribution in [3.63, 3.8) is 0 Å². The standard InChI is InChI=1S/C17H20N2O3/c1-9-6-11(3)17(21)16(12(9)4)19-18-13-8-15(22-5)10(2)7-14(13)20/h6-8,20-21H,1-5H3. The fourth-order valence-corrected chi connectivity index (χ4v) is 2.24. The third-order valence-corrected chi connectivity index (χ3v) is 3.73. The molecule has 5 heteroatoms. The molecule has 5 nitrogen and oxygen atoms in total. The fourth-order valence-electron chi connectivity index (χ4n) is 2.24. The Morgan fingerprint density at radius 1 is 0.864 bits per heavy atom. The molecule has 0 atom stereocenters. The Bertz CT molecular complexity index is 726. The lowest BCUT2D eigenvalue weighted by molar-refractivity contribution is 0.409. The predicted octanol–water partition coefficient (Wildman–Crippen LogP) is 4.76. The topological polar surface area (TPSA) is 74.4 Å². The van der Waals surface area contributed by atoms with Gasteiger partial charge in [-0.3, -0.25) is 0 Å². The molecule has 2 rings (SSSR count). The highest BCUT2D eigenvalue weighted by atomic mass is 16.5. The van der Waals surface area contributed by atoms with Gasteiger partial charge in [0.2, 0.25) is 0 Å². The van der Waals surface area contributed by atoms with Gasteiger partial charge < -0.3 is 14.9 Å². The van der Waals surface area contributed by atoms with Crippen molar-refractivity contribution in [2.75, 3.05) is 7.11 Å².